The lowest BCUT2D eigenvalue weighted by Gasteiger charge is -2.32. The van der Waals surface area contributed by atoms with Gasteiger partial charge in [0, 0.05) is 18.3 Å². The summed E-state index contributed by atoms with van der Waals surface area (Å²) >= 11 is 0. The number of carboxylic acids is 2. The van der Waals surface area contributed by atoms with E-state index >= 15 is 0 Å². The summed E-state index contributed by atoms with van der Waals surface area (Å²) < 4.78 is 20.6. The normalized spacial score (nSPS) is 12.4. The van der Waals surface area contributed by atoms with Gasteiger partial charge in [0.1, 0.15) is 26.4 Å². The molecule has 0 saturated heterocycles. The molecule has 0 atom stereocenters. The molecule has 0 unspecified atom stereocenters. The van der Waals surface area contributed by atoms with Gasteiger partial charge in [-0.25, -0.2) is 0 Å². The molecule has 0 aliphatic heterocycles. The van der Waals surface area contributed by atoms with E-state index in [9.17, 15) is 28.8 Å². The summed E-state index contributed by atoms with van der Waals surface area (Å²) in [6.45, 7) is 3.27. The highest BCUT2D eigenvalue weighted by atomic mass is 16.6. The van der Waals surface area contributed by atoms with Crippen molar-refractivity contribution in [3.63, 3.8) is 0 Å². The Morgan fingerprint density at radius 1 is 0.531 bits per heavy atom. The summed E-state index contributed by atoms with van der Waals surface area (Å²) in [5, 5.41) is 19.5. The van der Waals surface area contributed by atoms with Gasteiger partial charge in [0.25, 0.3) is 0 Å². The number of aryl methyl sites for hydroxylation is 2. The summed E-state index contributed by atoms with van der Waals surface area (Å²) in [6.07, 6.45) is -0.669. The number of benzene rings is 3. The Morgan fingerprint density at radius 3 is 1.39 bits per heavy atom. The van der Waals surface area contributed by atoms with Gasteiger partial charge in [0.05, 0.1) is 25.7 Å². The third kappa shape index (κ3) is 9.65. The molecular weight excluding hydrogens is 636 g/mol. The number of rotatable bonds is 18. The Balaban J connectivity index is 1.52. The van der Waals surface area contributed by atoms with Crippen molar-refractivity contribution < 1.29 is 57.9 Å². The third-order valence-electron chi connectivity index (χ3n) is 8.66. The maximum atomic E-state index is 13.0. The first-order chi connectivity index (χ1) is 23.4. The maximum Gasteiger partial charge on any atom is 0.306 e. The quantitative estimate of drug-likeness (QED) is 0.102. The highest BCUT2D eigenvalue weighted by Gasteiger charge is 2.44. The van der Waals surface area contributed by atoms with Crippen molar-refractivity contribution in [2.75, 3.05) is 26.4 Å². The van der Waals surface area contributed by atoms with E-state index < -0.39 is 41.2 Å². The van der Waals surface area contributed by atoms with Gasteiger partial charge in [-0.15, -0.1) is 0 Å². The van der Waals surface area contributed by atoms with Crippen molar-refractivity contribution in [3.8, 4) is 11.1 Å². The zero-order valence-corrected chi connectivity index (χ0v) is 27.6. The molecule has 0 spiro atoms. The fourth-order valence-corrected chi connectivity index (χ4v) is 6.06. The molecule has 1 aliphatic rings. The van der Waals surface area contributed by atoms with E-state index in [-0.39, 0.29) is 65.0 Å². The van der Waals surface area contributed by atoms with E-state index in [0.717, 1.165) is 44.2 Å². The molecule has 3 aromatic carbocycles. The first-order valence-electron chi connectivity index (χ1n) is 16.1. The molecule has 260 valence electrons. The fraction of sp³-hybridized carbons (Fsp3) is 0.405. The molecular formula is C37H40O12. The van der Waals surface area contributed by atoms with Crippen molar-refractivity contribution in [3.05, 3.63) is 70.8 Å². The van der Waals surface area contributed by atoms with Crippen molar-refractivity contribution >= 4 is 46.6 Å². The molecule has 2 N–H and O–H groups in total. The van der Waals surface area contributed by atoms with Gasteiger partial charge in [-0.3, -0.25) is 28.8 Å². The van der Waals surface area contributed by atoms with Gasteiger partial charge in [-0.2, -0.15) is 0 Å². The average Bonchev–Trinajstić information content (AvgIpc) is 3.31. The van der Waals surface area contributed by atoms with Crippen molar-refractivity contribution in [1.29, 1.82) is 0 Å². The van der Waals surface area contributed by atoms with Crippen molar-refractivity contribution in [1.82, 2.24) is 0 Å². The molecule has 12 heteroatoms. The lowest BCUT2D eigenvalue weighted by Crippen LogP contribution is -2.29. The molecule has 0 bridgehead atoms. The number of hydrogen-bond acceptors (Lipinski definition) is 10. The Bertz CT molecular complexity index is 1690. The third-order valence-corrected chi connectivity index (χ3v) is 8.66. The highest BCUT2D eigenvalue weighted by molar-refractivity contribution is 5.94. The van der Waals surface area contributed by atoms with Gasteiger partial charge in [-0.05, 0) is 83.0 Å². The van der Waals surface area contributed by atoms with E-state index in [1.54, 1.807) is 0 Å². The fourth-order valence-electron chi connectivity index (χ4n) is 6.06. The van der Waals surface area contributed by atoms with Crippen LogP contribution in [0.3, 0.4) is 0 Å². The Kier molecular flexibility index (Phi) is 12.5. The first-order valence-corrected chi connectivity index (χ1v) is 16.1. The molecule has 0 aromatic heterocycles. The molecule has 0 saturated carbocycles. The predicted molar refractivity (Wildman–Crippen MR) is 176 cm³/mol. The van der Waals surface area contributed by atoms with Gasteiger partial charge < -0.3 is 29.2 Å². The van der Waals surface area contributed by atoms with Crippen LogP contribution >= 0.6 is 0 Å². The molecule has 1 aliphatic carbocycles. The molecule has 4 rings (SSSR count). The van der Waals surface area contributed by atoms with Crippen LogP contribution in [-0.2, 0) is 53.1 Å². The second kappa shape index (κ2) is 16.7. The lowest BCUT2D eigenvalue weighted by atomic mass is 9.70. The summed E-state index contributed by atoms with van der Waals surface area (Å²) in [4.78, 5) is 70.7. The maximum absolute atomic E-state index is 13.0. The number of fused-ring (bicyclic) bond motifs is 4. The largest absolute Gasteiger partial charge is 0.481 e. The lowest BCUT2D eigenvalue weighted by molar-refractivity contribution is -0.153. The van der Waals surface area contributed by atoms with Crippen LogP contribution in [0.1, 0.15) is 73.6 Å². The summed E-state index contributed by atoms with van der Waals surface area (Å²) in [5.74, 6) is -4.67. The topological polar surface area (TPSA) is 180 Å². The van der Waals surface area contributed by atoms with Crippen LogP contribution < -0.4 is 0 Å². The van der Waals surface area contributed by atoms with Gasteiger partial charge in [0.2, 0.25) is 0 Å². The van der Waals surface area contributed by atoms with E-state index in [4.69, 9.17) is 29.2 Å². The van der Waals surface area contributed by atoms with Crippen LogP contribution in [0.2, 0.25) is 0 Å². The molecule has 0 radical (unpaired) electrons. The Labute approximate surface area is 283 Å². The van der Waals surface area contributed by atoms with Crippen molar-refractivity contribution in [2.45, 2.75) is 70.6 Å². The number of ether oxygens (including phenoxy) is 4. The average molecular weight is 677 g/mol. The van der Waals surface area contributed by atoms with Gasteiger partial charge in [-0.1, -0.05) is 36.4 Å². The molecule has 12 nitrogen and oxygen atoms in total. The number of carbonyl (C=O) groups is 6. The first kappa shape index (κ1) is 36.6. The minimum atomic E-state index is -1.12. The van der Waals surface area contributed by atoms with Crippen LogP contribution in [0.5, 0.6) is 0 Å². The minimum Gasteiger partial charge on any atom is -0.481 e. The van der Waals surface area contributed by atoms with Crippen LogP contribution in [0.4, 0.5) is 0 Å². The smallest absolute Gasteiger partial charge is 0.306 e. The second-order valence-corrected chi connectivity index (χ2v) is 12.0. The highest BCUT2D eigenvalue weighted by Crippen LogP contribution is 2.55. The van der Waals surface area contributed by atoms with Crippen LogP contribution in [0, 0.1) is 13.8 Å². The number of hydrogen-bond donors (Lipinski definition) is 2. The number of carbonyl (C=O) groups excluding carboxylic acids is 4. The Morgan fingerprint density at radius 2 is 0.918 bits per heavy atom. The van der Waals surface area contributed by atoms with E-state index in [0.29, 0.717) is 12.8 Å². The SMILES string of the molecule is Cc1cc2c(cc1C)C(CCC(=O)OCCOC(=O)CCC(=O)O)(CCC(=O)OCCOC(=O)CCC(=O)O)c1cc3ccccc3cc1-2. The zero-order valence-electron chi connectivity index (χ0n) is 27.6. The summed E-state index contributed by atoms with van der Waals surface area (Å²) in [6, 6.07) is 16.5. The predicted octanol–water partition coefficient (Wildman–Crippen LogP) is 5.19. The number of carboxylic acid groups (broad SMARTS) is 2. The van der Waals surface area contributed by atoms with Crippen molar-refractivity contribution in [2.24, 2.45) is 0 Å². The standard InChI is InChI=1S/C37H40O12/c1-23-19-27-28-21-25-5-3-4-6-26(25)22-30(28)37(29(27)20-24(23)2,13-11-35(44)48-17-15-46-33(42)9-7-31(38)39)14-12-36(45)49-18-16-47-34(43)10-8-32(40)41/h3-6,19-22H,7-18H2,1-2H3,(H,38,39)(H,40,41). The van der Waals surface area contributed by atoms with Crippen LogP contribution in [0.25, 0.3) is 21.9 Å². The van der Waals surface area contributed by atoms with Crippen LogP contribution in [-0.4, -0.2) is 72.5 Å². The molecule has 0 fully saturated rings. The number of esters is 4. The van der Waals surface area contributed by atoms with E-state index in [1.165, 1.54) is 0 Å². The summed E-state index contributed by atoms with van der Waals surface area (Å²) in [7, 11) is 0. The second-order valence-electron chi connectivity index (χ2n) is 12.0. The zero-order chi connectivity index (χ0) is 35.6. The summed E-state index contributed by atoms with van der Waals surface area (Å²) in [5.41, 5.74) is 5.39. The molecule has 49 heavy (non-hydrogen) atoms. The Hall–Kier alpha value is -5.26. The van der Waals surface area contributed by atoms with E-state index in [1.807, 2.05) is 38.1 Å². The van der Waals surface area contributed by atoms with Gasteiger partial charge in [0.15, 0.2) is 0 Å². The minimum absolute atomic E-state index is 0.00701. The van der Waals surface area contributed by atoms with E-state index in [2.05, 4.69) is 24.3 Å². The van der Waals surface area contributed by atoms with Crippen LogP contribution in [0.15, 0.2) is 48.5 Å². The molecule has 0 amide bonds. The number of aliphatic carboxylic acids is 2. The monoisotopic (exact) mass is 676 g/mol. The molecule has 0 heterocycles. The van der Waals surface area contributed by atoms with Gasteiger partial charge >= 0.3 is 35.8 Å². The molecule has 3 aromatic rings.